The first-order valence-corrected chi connectivity index (χ1v) is 6.94. The molecule has 3 nitrogen and oxygen atoms in total. The fraction of sp³-hybridized carbons (Fsp3) is 0.667. The number of carbonyl (C=O) groups excluding carboxylic acids is 1. The summed E-state index contributed by atoms with van der Waals surface area (Å²) in [6.07, 6.45) is 4.86. The second-order valence-corrected chi connectivity index (χ2v) is 5.87. The summed E-state index contributed by atoms with van der Waals surface area (Å²) < 4.78 is 7.92. The molecule has 1 aromatic rings. The summed E-state index contributed by atoms with van der Waals surface area (Å²) >= 11 is 0. The molecule has 3 rings (SSSR count). The first-order chi connectivity index (χ1) is 8.62. The number of ether oxygens (including phenoxy) is 1. The van der Waals surface area contributed by atoms with E-state index < -0.39 is 0 Å². The van der Waals surface area contributed by atoms with Crippen molar-refractivity contribution in [2.24, 2.45) is 0 Å². The zero-order chi connectivity index (χ0) is 12.8. The van der Waals surface area contributed by atoms with E-state index >= 15 is 0 Å². The summed E-state index contributed by atoms with van der Waals surface area (Å²) in [5.41, 5.74) is 3.62. The van der Waals surface area contributed by atoms with E-state index in [4.69, 9.17) is 4.74 Å². The van der Waals surface area contributed by atoms with Crippen LogP contribution in [0.4, 0.5) is 0 Å². The van der Waals surface area contributed by atoms with Crippen molar-refractivity contribution in [3.63, 3.8) is 0 Å². The van der Waals surface area contributed by atoms with Crippen LogP contribution in [0.3, 0.4) is 0 Å². The Morgan fingerprint density at radius 3 is 2.72 bits per heavy atom. The lowest BCUT2D eigenvalue weighted by Gasteiger charge is -2.38. The van der Waals surface area contributed by atoms with Gasteiger partial charge in [0.1, 0.15) is 0 Å². The molecular weight excluding hydrogens is 226 g/mol. The van der Waals surface area contributed by atoms with E-state index in [1.165, 1.54) is 11.4 Å². The largest absolute Gasteiger partial charge is 0.381 e. The van der Waals surface area contributed by atoms with Gasteiger partial charge in [-0.15, -0.1) is 0 Å². The Morgan fingerprint density at radius 2 is 2.00 bits per heavy atom. The van der Waals surface area contributed by atoms with Crippen molar-refractivity contribution in [1.29, 1.82) is 0 Å². The van der Waals surface area contributed by atoms with Crippen LogP contribution in [0.15, 0.2) is 6.07 Å². The summed E-state index contributed by atoms with van der Waals surface area (Å²) in [7, 11) is 0. The lowest BCUT2D eigenvalue weighted by Crippen LogP contribution is -2.38. The molecule has 1 aliphatic heterocycles. The molecule has 0 unspecified atom stereocenters. The fourth-order valence-corrected chi connectivity index (χ4v) is 3.52. The molecule has 0 saturated carbocycles. The Hall–Kier alpha value is -1.09. The van der Waals surface area contributed by atoms with Crippen molar-refractivity contribution in [3.8, 4) is 0 Å². The minimum absolute atomic E-state index is 0.132. The molecule has 3 heteroatoms. The first kappa shape index (κ1) is 12.0. The minimum Gasteiger partial charge on any atom is -0.381 e. The lowest BCUT2D eigenvalue weighted by atomic mass is 9.90. The smallest absolute Gasteiger partial charge is 0.164 e. The highest BCUT2D eigenvalue weighted by atomic mass is 16.5. The van der Waals surface area contributed by atoms with Gasteiger partial charge in [0.05, 0.1) is 0 Å². The van der Waals surface area contributed by atoms with E-state index in [0.717, 1.165) is 50.9 Å². The van der Waals surface area contributed by atoms with Crippen LogP contribution < -0.4 is 0 Å². The maximum absolute atomic E-state index is 12.0. The number of hydrogen-bond donors (Lipinski definition) is 0. The predicted octanol–water partition coefficient (Wildman–Crippen LogP) is 2.84. The molecule has 1 aliphatic carbocycles. The third-order valence-electron chi connectivity index (χ3n) is 4.51. The maximum atomic E-state index is 12.0. The molecule has 18 heavy (non-hydrogen) atoms. The monoisotopic (exact) mass is 247 g/mol. The highest BCUT2D eigenvalue weighted by molar-refractivity contribution is 5.98. The van der Waals surface area contributed by atoms with Crippen LogP contribution >= 0.6 is 0 Å². The summed E-state index contributed by atoms with van der Waals surface area (Å²) in [5.74, 6) is 0.328. The Kier molecular flexibility index (Phi) is 2.81. The fourth-order valence-electron chi connectivity index (χ4n) is 3.52. The average molecular weight is 247 g/mol. The van der Waals surface area contributed by atoms with Gasteiger partial charge in [-0.25, -0.2) is 0 Å². The third kappa shape index (κ3) is 1.72. The molecule has 0 N–H and O–H groups in total. The number of ketones is 1. The molecule has 2 aliphatic rings. The van der Waals surface area contributed by atoms with Crippen LogP contribution in [0.2, 0.25) is 0 Å². The number of Topliss-reactive ketones (excluding diaryl/α,β-unsaturated/α-hetero) is 1. The number of nitrogens with zero attached hydrogens (tertiary/aromatic N) is 1. The predicted molar refractivity (Wildman–Crippen MR) is 70.1 cm³/mol. The topological polar surface area (TPSA) is 31.2 Å². The van der Waals surface area contributed by atoms with E-state index in [1.807, 2.05) is 0 Å². The molecule has 0 bridgehead atoms. The Balaban J connectivity index is 2.09. The second kappa shape index (κ2) is 4.23. The molecular formula is C15H21NO2. The molecule has 1 saturated heterocycles. The Labute approximate surface area is 108 Å². The lowest BCUT2D eigenvalue weighted by molar-refractivity contribution is 0.0276. The van der Waals surface area contributed by atoms with Gasteiger partial charge in [0.25, 0.3) is 0 Å². The van der Waals surface area contributed by atoms with Crippen LogP contribution in [-0.2, 0) is 16.7 Å². The van der Waals surface area contributed by atoms with E-state index in [-0.39, 0.29) is 5.54 Å². The van der Waals surface area contributed by atoms with Crippen molar-refractivity contribution in [1.82, 2.24) is 4.57 Å². The van der Waals surface area contributed by atoms with Crippen molar-refractivity contribution in [3.05, 3.63) is 23.0 Å². The molecule has 0 atom stereocenters. The quantitative estimate of drug-likeness (QED) is 0.764. The molecule has 0 radical (unpaired) electrons. The number of rotatable bonds is 1. The van der Waals surface area contributed by atoms with Crippen molar-refractivity contribution in [2.75, 3.05) is 13.2 Å². The molecule has 98 valence electrons. The third-order valence-corrected chi connectivity index (χ3v) is 4.51. The molecule has 0 amide bonds. The van der Waals surface area contributed by atoms with Gasteiger partial charge in [0.15, 0.2) is 5.78 Å². The van der Waals surface area contributed by atoms with Crippen molar-refractivity contribution >= 4 is 5.78 Å². The zero-order valence-corrected chi connectivity index (χ0v) is 11.3. The van der Waals surface area contributed by atoms with Gasteiger partial charge >= 0.3 is 0 Å². The van der Waals surface area contributed by atoms with Gasteiger partial charge in [-0.1, -0.05) is 0 Å². The van der Waals surface area contributed by atoms with Crippen molar-refractivity contribution in [2.45, 2.75) is 51.5 Å². The van der Waals surface area contributed by atoms with Crippen LogP contribution in [0.1, 0.15) is 54.4 Å². The number of hydrogen-bond acceptors (Lipinski definition) is 2. The SMILES string of the molecule is Cc1cc2c(n1C1(C)CCOCC1)CCCC2=O. The maximum Gasteiger partial charge on any atom is 0.164 e. The normalized spacial score (nSPS) is 22.9. The van der Waals surface area contributed by atoms with E-state index in [1.54, 1.807) is 0 Å². The molecule has 1 aromatic heterocycles. The van der Waals surface area contributed by atoms with Gasteiger partial charge in [-0.3, -0.25) is 4.79 Å². The molecule has 2 heterocycles. The van der Waals surface area contributed by atoms with Gasteiger partial charge in [-0.05, 0) is 45.6 Å². The standard InChI is InChI=1S/C15H21NO2/c1-11-10-12-13(4-3-5-14(12)17)16(11)15(2)6-8-18-9-7-15/h10H,3-9H2,1-2H3. The number of aryl methyl sites for hydroxylation is 1. The number of aromatic nitrogens is 1. The Morgan fingerprint density at radius 1 is 1.28 bits per heavy atom. The zero-order valence-electron chi connectivity index (χ0n) is 11.3. The van der Waals surface area contributed by atoms with Gasteiger partial charge in [0, 0.05) is 42.1 Å². The number of fused-ring (bicyclic) bond motifs is 1. The van der Waals surface area contributed by atoms with Gasteiger partial charge in [-0.2, -0.15) is 0 Å². The molecule has 0 aromatic carbocycles. The molecule has 1 fully saturated rings. The first-order valence-electron chi connectivity index (χ1n) is 6.94. The van der Waals surface area contributed by atoms with Gasteiger partial charge in [0.2, 0.25) is 0 Å². The van der Waals surface area contributed by atoms with Crippen LogP contribution in [0, 0.1) is 6.92 Å². The highest BCUT2D eigenvalue weighted by Gasteiger charge is 2.34. The summed E-state index contributed by atoms with van der Waals surface area (Å²) in [5, 5.41) is 0. The van der Waals surface area contributed by atoms with E-state index in [0.29, 0.717) is 5.78 Å². The minimum atomic E-state index is 0.132. The van der Waals surface area contributed by atoms with E-state index in [9.17, 15) is 4.79 Å². The second-order valence-electron chi connectivity index (χ2n) is 5.87. The molecule has 0 spiro atoms. The highest BCUT2D eigenvalue weighted by Crippen LogP contribution is 2.36. The van der Waals surface area contributed by atoms with E-state index in [2.05, 4.69) is 24.5 Å². The average Bonchev–Trinajstić information content (AvgIpc) is 2.68. The summed E-state index contributed by atoms with van der Waals surface area (Å²) in [4.78, 5) is 12.0. The van der Waals surface area contributed by atoms with Crippen LogP contribution in [0.5, 0.6) is 0 Å². The summed E-state index contributed by atoms with van der Waals surface area (Å²) in [6.45, 7) is 6.10. The number of carbonyl (C=O) groups is 1. The van der Waals surface area contributed by atoms with Gasteiger partial charge < -0.3 is 9.30 Å². The Bertz CT molecular complexity index is 481. The van der Waals surface area contributed by atoms with Crippen molar-refractivity contribution < 1.29 is 9.53 Å². The van der Waals surface area contributed by atoms with Crippen LogP contribution in [0.25, 0.3) is 0 Å². The van der Waals surface area contributed by atoms with Crippen LogP contribution in [-0.4, -0.2) is 23.6 Å². The summed E-state index contributed by atoms with van der Waals surface area (Å²) in [6, 6.07) is 2.09.